The minimum Gasteiger partial charge on any atom is -0.366 e. The van der Waals surface area contributed by atoms with Crippen molar-refractivity contribution < 1.29 is 14.0 Å². The van der Waals surface area contributed by atoms with Crippen LogP contribution in [0.1, 0.15) is 34.7 Å². The maximum absolute atomic E-state index is 13.8. The molecule has 11 heteroatoms. The molecular formula is C21H25FN8O2. The van der Waals surface area contributed by atoms with Gasteiger partial charge in [-0.25, -0.2) is 19.3 Å². The summed E-state index contributed by atoms with van der Waals surface area (Å²) in [6, 6.07) is 2.39. The molecule has 2 aromatic heterocycles. The second-order valence-electron chi connectivity index (χ2n) is 8.11. The van der Waals surface area contributed by atoms with Gasteiger partial charge in [0.2, 0.25) is 5.95 Å². The normalized spacial score (nSPS) is 14.2. The fraction of sp³-hybridized carbons (Fsp3) is 0.381. The third-order valence-electron chi connectivity index (χ3n) is 5.25. The fourth-order valence-corrected chi connectivity index (χ4v) is 3.54. The van der Waals surface area contributed by atoms with Gasteiger partial charge in [0.15, 0.2) is 0 Å². The van der Waals surface area contributed by atoms with Crippen molar-refractivity contribution in [2.75, 3.05) is 42.5 Å². The fourth-order valence-electron chi connectivity index (χ4n) is 3.54. The van der Waals surface area contributed by atoms with E-state index in [4.69, 9.17) is 5.73 Å². The number of hydrogen-bond acceptors (Lipinski definition) is 7. The largest absolute Gasteiger partial charge is 0.366 e. The maximum atomic E-state index is 13.8. The Morgan fingerprint density at radius 3 is 2.50 bits per heavy atom. The molecule has 0 radical (unpaired) electrons. The molecule has 0 atom stereocenters. The number of amides is 2. The Balaban J connectivity index is 1.42. The van der Waals surface area contributed by atoms with Crippen molar-refractivity contribution in [2.24, 2.45) is 11.7 Å². The van der Waals surface area contributed by atoms with Crippen LogP contribution in [0.15, 0.2) is 24.5 Å². The van der Waals surface area contributed by atoms with Gasteiger partial charge >= 0.3 is 0 Å². The van der Waals surface area contributed by atoms with Gasteiger partial charge in [-0.2, -0.15) is 0 Å². The van der Waals surface area contributed by atoms with E-state index in [0.717, 1.165) is 6.07 Å². The van der Waals surface area contributed by atoms with E-state index >= 15 is 0 Å². The van der Waals surface area contributed by atoms with Crippen molar-refractivity contribution in [3.8, 4) is 0 Å². The zero-order valence-electron chi connectivity index (χ0n) is 17.9. The Hall–Kier alpha value is -3.76. The number of piperazine rings is 1. The van der Waals surface area contributed by atoms with E-state index in [0.29, 0.717) is 61.4 Å². The number of carbonyl (C=O) groups is 2. The highest BCUT2D eigenvalue weighted by molar-refractivity contribution is 6.04. The molecule has 0 saturated carbocycles. The Morgan fingerprint density at radius 1 is 1.16 bits per heavy atom. The van der Waals surface area contributed by atoms with Crippen molar-refractivity contribution >= 4 is 34.6 Å². The molecule has 1 fully saturated rings. The van der Waals surface area contributed by atoms with Crippen molar-refractivity contribution in [2.45, 2.75) is 13.8 Å². The average Bonchev–Trinajstić information content (AvgIpc) is 3.21. The van der Waals surface area contributed by atoms with Gasteiger partial charge in [-0.3, -0.25) is 9.59 Å². The number of hydrogen-bond donors (Lipinski definition) is 3. The number of nitrogens with zero attached hydrogens (tertiary/aromatic N) is 5. The molecule has 0 spiro atoms. The minimum absolute atomic E-state index is 0.0499. The third-order valence-corrected chi connectivity index (χ3v) is 5.25. The highest BCUT2D eigenvalue weighted by Gasteiger charge is 2.22. The molecule has 4 N–H and O–H groups in total. The minimum atomic E-state index is -0.725. The van der Waals surface area contributed by atoms with E-state index in [1.165, 1.54) is 12.3 Å². The lowest BCUT2D eigenvalue weighted by atomic mass is 10.1. The van der Waals surface area contributed by atoms with Crippen LogP contribution >= 0.6 is 0 Å². The summed E-state index contributed by atoms with van der Waals surface area (Å²) in [5.74, 6) is 0.0853. The molecule has 0 bridgehead atoms. The second kappa shape index (κ2) is 8.77. The van der Waals surface area contributed by atoms with Crippen LogP contribution in [0.2, 0.25) is 0 Å². The lowest BCUT2D eigenvalue weighted by molar-refractivity contribution is 0.0942. The van der Waals surface area contributed by atoms with Gasteiger partial charge in [0.05, 0.1) is 23.5 Å². The van der Waals surface area contributed by atoms with Crippen LogP contribution in [0.3, 0.4) is 0 Å². The molecule has 10 nitrogen and oxygen atoms in total. The summed E-state index contributed by atoms with van der Waals surface area (Å²) in [4.78, 5) is 44.0. The topological polar surface area (TPSA) is 133 Å². The van der Waals surface area contributed by atoms with Crippen molar-refractivity contribution in [1.29, 1.82) is 0 Å². The van der Waals surface area contributed by atoms with E-state index in [1.807, 2.05) is 18.7 Å². The van der Waals surface area contributed by atoms with Crippen LogP contribution in [0.5, 0.6) is 0 Å². The first kappa shape index (κ1) is 21.5. The lowest BCUT2D eigenvalue weighted by Gasteiger charge is -2.35. The summed E-state index contributed by atoms with van der Waals surface area (Å²) in [6.07, 6.45) is 3.08. The van der Waals surface area contributed by atoms with E-state index in [1.54, 1.807) is 6.20 Å². The van der Waals surface area contributed by atoms with Crippen LogP contribution in [0, 0.1) is 11.7 Å². The van der Waals surface area contributed by atoms with Gasteiger partial charge < -0.3 is 25.8 Å². The SMILES string of the molecule is CC(C)CNC(=O)c1cnc(N2CCN(c3nc4c(C(N)=O)cc(F)cc4[nH]3)CC2)cn1. The zero-order chi connectivity index (χ0) is 22.8. The standard InChI is InChI=1S/C21H25FN8O2/c1-12(2)9-26-20(32)16-10-25-17(11-24-16)29-3-5-30(6-4-29)21-27-15-8-13(22)7-14(19(23)31)18(15)28-21/h7-8,10-12H,3-6,9H2,1-2H3,(H2,23,31)(H,26,32)(H,27,28). The highest BCUT2D eigenvalue weighted by atomic mass is 19.1. The molecule has 32 heavy (non-hydrogen) atoms. The maximum Gasteiger partial charge on any atom is 0.271 e. The van der Waals surface area contributed by atoms with E-state index in [-0.39, 0.29) is 17.2 Å². The molecule has 0 unspecified atom stereocenters. The van der Waals surface area contributed by atoms with Crippen LogP contribution in [-0.4, -0.2) is 64.5 Å². The number of imidazole rings is 1. The molecule has 2 amide bonds. The molecule has 168 valence electrons. The van der Waals surface area contributed by atoms with Crippen LogP contribution in [0.25, 0.3) is 11.0 Å². The number of benzene rings is 1. The summed E-state index contributed by atoms with van der Waals surface area (Å²) in [5, 5.41) is 2.82. The number of fused-ring (bicyclic) bond motifs is 1. The van der Waals surface area contributed by atoms with Crippen molar-refractivity contribution in [3.05, 3.63) is 41.6 Å². The van der Waals surface area contributed by atoms with Crippen molar-refractivity contribution in [1.82, 2.24) is 25.3 Å². The van der Waals surface area contributed by atoms with E-state index in [9.17, 15) is 14.0 Å². The van der Waals surface area contributed by atoms with Gasteiger partial charge in [-0.1, -0.05) is 13.8 Å². The molecule has 3 aromatic rings. The average molecular weight is 440 g/mol. The Morgan fingerprint density at radius 2 is 1.88 bits per heavy atom. The van der Waals surface area contributed by atoms with Gasteiger partial charge in [0.25, 0.3) is 11.8 Å². The number of H-pyrrole nitrogens is 1. The molecule has 4 rings (SSSR count). The van der Waals surface area contributed by atoms with E-state index < -0.39 is 11.7 Å². The van der Waals surface area contributed by atoms with Gasteiger partial charge in [-0.15, -0.1) is 0 Å². The first-order valence-electron chi connectivity index (χ1n) is 10.4. The van der Waals surface area contributed by atoms with Crippen LogP contribution in [-0.2, 0) is 0 Å². The number of nitrogens with two attached hydrogens (primary N) is 1. The van der Waals surface area contributed by atoms with Gasteiger partial charge in [0.1, 0.15) is 22.8 Å². The number of rotatable bonds is 6. The molecule has 1 saturated heterocycles. The predicted molar refractivity (Wildman–Crippen MR) is 118 cm³/mol. The van der Waals surface area contributed by atoms with Gasteiger partial charge in [0, 0.05) is 32.7 Å². The first-order chi connectivity index (χ1) is 15.3. The van der Waals surface area contributed by atoms with Crippen LogP contribution < -0.4 is 20.9 Å². The lowest BCUT2D eigenvalue weighted by Crippen LogP contribution is -2.47. The molecule has 1 aliphatic rings. The number of carbonyl (C=O) groups excluding carboxylic acids is 2. The smallest absolute Gasteiger partial charge is 0.271 e. The summed E-state index contributed by atoms with van der Waals surface area (Å²) >= 11 is 0. The van der Waals surface area contributed by atoms with Crippen LogP contribution in [0.4, 0.5) is 16.2 Å². The number of primary amides is 1. The van der Waals surface area contributed by atoms with Crippen molar-refractivity contribution in [3.63, 3.8) is 0 Å². The Bertz CT molecular complexity index is 1140. The number of anilines is 2. The molecule has 0 aliphatic carbocycles. The second-order valence-corrected chi connectivity index (χ2v) is 8.11. The molecule has 1 aliphatic heterocycles. The third kappa shape index (κ3) is 4.46. The molecule has 1 aromatic carbocycles. The summed E-state index contributed by atoms with van der Waals surface area (Å²) in [5.41, 5.74) is 6.48. The highest BCUT2D eigenvalue weighted by Crippen LogP contribution is 2.24. The predicted octanol–water partition coefficient (Wildman–Crippen LogP) is 1.30. The Labute approximate surface area is 184 Å². The summed E-state index contributed by atoms with van der Waals surface area (Å²) in [6.45, 7) is 7.20. The number of halogens is 1. The van der Waals surface area contributed by atoms with E-state index in [2.05, 4.69) is 30.2 Å². The molecule has 3 heterocycles. The number of nitrogens with one attached hydrogen (secondary N) is 2. The zero-order valence-corrected chi connectivity index (χ0v) is 17.9. The number of aromatic nitrogens is 4. The molecular weight excluding hydrogens is 415 g/mol. The Kier molecular flexibility index (Phi) is 5.89. The monoisotopic (exact) mass is 440 g/mol. The number of aromatic amines is 1. The summed E-state index contributed by atoms with van der Waals surface area (Å²) < 4.78 is 13.8. The summed E-state index contributed by atoms with van der Waals surface area (Å²) in [7, 11) is 0. The first-order valence-corrected chi connectivity index (χ1v) is 10.4. The quantitative estimate of drug-likeness (QED) is 0.526. The van der Waals surface area contributed by atoms with Gasteiger partial charge in [-0.05, 0) is 18.1 Å².